The molecule has 6 aliphatic carbocycles. The lowest BCUT2D eigenvalue weighted by molar-refractivity contribution is -0.170. The van der Waals surface area contributed by atoms with Crippen molar-refractivity contribution in [3.8, 4) is 0 Å². The van der Waals surface area contributed by atoms with Gasteiger partial charge in [0.1, 0.15) is 11.4 Å². The SMILES string of the molecule is CC[C@]12CC[C@@H]3C4=C(CC(=O)CC4)[C@@H]4C[C@@H]4[C@H]3[C@@H]1[C@@H]1C[C@@H]1[C@@]21C=CC(=O)O1. The minimum atomic E-state index is -0.291. The Morgan fingerprint density at radius 2 is 2.00 bits per heavy atom. The van der Waals surface area contributed by atoms with E-state index in [4.69, 9.17) is 4.74 Å². The summed E-state index contributed by atoms with van der Waals surface area (Å²) in [6, 6.07) is 0. The Bertz CT molecular complexity index is 852. The number of ether oxygens (including phenoxy) is 1. The van der Waals surface area contributed by atoms with Gasteiger partial charge in [-0.15, -0.1) is 0 Å². The van der Waals surface area contributed by atoms with E-state index in [1.807, 2.05) is 0 Å². The molecule has 0 saturated heterocycles. The van der Waals surface area contributed by atoms with Gasteiger partial charge in [-0.05, 0) is 80.1 Å². The van der Waals surface area contributed by atoms with E-state index in [0.29, 0.717) is 17.6 Å². The molecule has 0 radical (unpaired) electrons. The van der Waals surface area contributed by atoms with Crippen molar-refractivity contribution in [1.29, 1.82) is 0 Å². The van der Waals surface area contributed by atoms with Crippen LogP contribution in [0, 0.1) is 46.8 Å². The molecule has 0 aromatic rings. The lowest BCUT2D eigenvalue weighted by Crippen LogP contribution is -2.55. The van der Waals surface area contributed by atoms with Crippen molar-refractivity contribution in [2.75, 3.05) is 0 Å². The van der Waals surface area contributed by atoms with E-state index in [1.165, 1.54) is 25.7 Å². The maximum absolute atomic E-state index is 12.1. The lowest BCUT2D eigenvalue weighted by Gasteiger charge is -2.56. The molecule has 7 aliphatic rings. The number of hydrogen-bond acceptors (Lipinski definition) is 3. The molecule has 0 aromatic carbocycles. The highest BCUT2D eigenvalue weighted by molar-refractivity contribution is 5.86. The molecule has 0 aromatic heterocycles. The number of ketones is 1. The summed E-state index contributed by atoms with van der Waals surface area (Å²) in [5.41, 5.74) is 3.16. The van der Waals surface area contributed by atoms with E-state index in [9.17, 15) is 9.59 Å². The van der Waals surface area contributed by atoms with Gasteiger partial charge in [0, 0.05) is 30.3 Å². The first-order valence-corrected chi connectivity index (χ1v) is 11.3. The van der Waals surface area contributed by atoms with Crippen LogP contribution in [0.3, 0.4) is 0 Å². The first-order valence-electron chi connectivity index (χ1n) is 11.3. The van der Waals surface area contributed by atoms with Crippen molar-refractivity contribution < 1.29 is 14.3 Å². The van der Waals surface area contributed by atoms with Gasteiger partial charge < -0.3 is 4.74 Å². The Morgan fingerprint density at radius 1 is 1.11 bits per heavy atom. The van der Waals surface area contributed by atoms with E-state index in [1.54, 1.807) is 17.2 Å². The summed E-state index contributed by atoms with van der Waals surface area (Å²) in [4.78, 5) is 24.2. The standard InChI is InChI=1S/C24H28O3/c1-2-23-7-5-14-13-4-3-12(25)9-15(13)16-10-17(16)21(14)22(23)18-11-19(18)24(23)8-6-20(26)27-24/h6,8,14,16-19,21-22H,2-5,7,9-11H2,1H3/t14-,16+,17+,18-,19+,21+,22+,23+,24+/m1/s1. The summed E-state index contributed by atoms with van der Waals surface area (Å²) in [6.07, 6.45) is 12.6. The molecule has 3 heteroatoms. The monoisotopic (exact) mass is 364 g/mol. The number of hydrogen-bond donors (Lipinski definition) is 0. The topological polar surface area (TPSA) is 43.4 Å². The van der Waals surface area contributed by atoms with Crippen LogP contribution in [-0.2, 0) is 14.3 Å². The second-order valence-corrected chi connectivity index (χ2v) is 10.6. The zero-order valence-corrected chi connectivity index (χ0v) is 16.1. The average Bonchev–Trinajstić information content (AvgIpc) is 3.57. The van der Waals surface area contributed by atoms with Crippen LogP contribution < -0.4 is 0 Å². The third kappa shape index (κ3) is 1.60. The largest absolute Gasteiger partial charge is 0.451 e. The maximum atomic E-state index is 12.1. The fourth-order valence-electron chi connectivity index (χ4n) is 9.25. The van der Waals surface area contributed by atoms with Crippen LogP contribution in [0.5, 0.6) is 0 Å². The Balaban J connectivity index is 1.34. The molecule has 142 valence electrons. The van der Waals surface area contributed by atoms with Crippen molar-refractivity contribution in [3.05, 3.63) is 23.3 Å². The second-order valence-electron chi connectivity index (χ2n) is 10.6. The second kappa shape index (κ2) is 4.60. The molecule has 4 fully saturated rings. The van der Waals surface area contributed by atoms with Gasteiger partial charge in [-0.2, -0.15) is 0 Å². The third-order valence-corrected chi connectivity index (χ3v) is 10.1. The summed E-state index contributed by atoms with van der Waals surface area (Å²) >= 11 is 0. The third-order valence-electron chi connectivity index (χ3n) is 10.1. The zero-order valence-electron chi connectivity index (χ0n) is 16.1. The van der Waals surface area contributed by atoms with Crippen LogP contribution in [0.2, 0.25) is 0 Å². The molecule has 9 atom stereocenters. The lowest BCUT2D eigenvalue weighted by atomic mass is 9.49. The van der Waals surface area contributed by atoms with E-state index in [2.05, 4.69) is 13.0 Å². The molecular formula is C24H28O3. The number of rotatable bonds is 1. The Morgan fingerprint density at radius 3 is 2.78 bits per heavy atom. The van der Waals surface area contributed by atoms with Gasteiger partial charge in [0.2, 0.25) is 0 Å². The minimum Gasteiger partial charge on any atom is -0.451 e. The molecule has 0 N–H and O–H groups in total. The van der Waals surface area contributed by atoms with Crippen molar-refractivity contribution in [3.63, 3.8) is 0 Å². The van der Waals surface area contributed by atoms with Gasteiger partial charge in [-0.3, -0.25) is 4.79 Å². The first kappa shape index (κ1) is 15.5. The van der Waals surface area contributed by atoms with E-state index >= 15 is 0 Å². The van der Waals surface area contributed by atoms with Crippen LogP contribution in [0.4, 0.5) is 0 Å². The Hall–Kier alpha value is -1.38. The van der Waals surface area contributed by atoms with Crippen LogP contribution in [0.25, 0.3) is 0 Å². The number of carbonyl (C=O) groups is 2. The highest BCUT2D eigenvalue weighted by atomic mass is 16.6. The fraction of sp³-hybridized carbons (Fsp3) is 0.750. The van der Waals surface area contributed by atoms with Crippen LogP contribution in [-0.4, -0.2) is 17.4 Å². The molecule has 1 spiro atoms. The molecule has 0 bridgehead atoms. The van der Waals surface area contributed by atoms with E-state index < -0.39 is 0 Å². The van der Waals surface area contributed by atoms with Crippen molar-refractivity contribution >= 4 is 11.8 Å². The summed E-state index contributed by atoms with van der Waals surface area (Å²) < 4.78 is 6.17. The molecule has 4 saturated carbocycles. The first-order chi connectivity index (χ1) is 13.1. The highest BCUT2D eigenvalue weighted by Crippen LogP contribution is 2.80. The normalized spacial score (nSPS) is 56.3. The molecular weight excluding hydrogens is 336 g/mol. The predicted molar refractivity (Wildman–Crippen MR) is 99.5 cm³/mol. The average molecular weight is 364 g/mol. The van der Waals surface area contributed by atoms with Gasteiger partial charge in [-0.1, -0.05) is 18.1 Å². The number of allylic oxidation sites excluding steroid dienone is 2. The number of carbonyl (C=O) groups excluding carboxylic acids is 2. The molecule has 0 amide bonds. The molecule has 3 nitrogen and oxygen atoms in total. The fourth-order valence-corrected chi connectivity index (χ4v) is 9.25. The smallest absolute Gasteiger partial charge is 0.331 e. The minimum absolute atomic E-state index is 0.111. The number of esters is 1. The quantitative estimate of drug-likeness (QED) is 0.517. The van der Waals surface area contributed by atoms with Gasteiger partial charge in [-0.25, -0.2) is 4.79 Å². The predicted octanol–water partition coefficient (Wildman–Crippen LogP) is 4.23. The summed E-state index contributed by atoms with van der Waals surface area (Å²) in [5, 5.41) is 0. The van der Waals surface area contributed by atoms with Crippen molar-refractivity contribution in [2.45, 2.75) is 63.9 Å². The van der Waals surface area contributed by atoms with Gasteiger partial charge in [0.15, 0.2) is 0 Å². The van der Waals surface area contributed by atoms with Gasteiger partial charge in [0.05, 0.1) is 0 Å². The van der Waals surface area contributed by atoms with Gasteiger partial charge >= 0.3 is 5.97 Å². The van der Waals surface area contributed by atoms with E-state index in [-0.39, 0.29) is 17.0 Å². The molecule has 7 rings (SSSR count). The Kier molecular flexibility index (Phi) is 2.65. The molecule has 1 heterocycles. The number of fused-ring (bicyclic) bond motifs is 11. The van der Waals surface area contributed by atoms with Crippen molar-refractivity contribution in [1.82, 2.24) is 0 Å². The number of Topliss-reactive ketones (excluding diaryl/α,β-unsaturated/α-hetero) is 1. The molecule has 1 aliphatic heterocycles. The van der Waals surface area contributed by atoms with E-state index in [0.717, 1.165) is 55.3 Å². The summed E-state index contributed by atoms with van der Waals surface area (Å²) in [5.74, 6) is 5.47. The summed E-state index contributed by atoms with van der Waals surface area (Å²) in [6.45, 7) is 2.34. The maximum Gasteiger partial charge on any atom is 0.331 e. The molecule has 0 unspecified atom stereocenters. The van der Waals surface area contributed by atoms with Crippen LogP contribution in [0.15, 0.2) is 23.3 Å². The highest BCUT2D eigenvalue weighted by Gasteiger charge is 2.80. The van der Waals surface area contributed by atoms with Crippen LogP contribution in [0.1, 0.15) is 58.3 Å². The zero-order chi connectivity index (χ0) is 18.1. The summed E-state index contributed by atoms with van der Waals surface area (Å²) in [7, 11) is 0. The van der Waals surface area contributed by atoms with Gasteiger partial charge in [0.25, 0.3) is 0 Å². The Labute approximate surface area is 160 Å². The van der Waals surface area contributed by atoms with Crippen LogP contribution >= 0.6 is 0 Å². The van der Waals surface area contributed by atoms with Crippen molar-refractivity contribution in [2.24, 2.45) is 46.8 Å². The molecule has 27 heavy (non-hydrogen) atoms.